The van der Waals surface area contributed by atoms with E-state index in [-0.39, 0.29) is 18.2 Å². The zero-order chi connectivity index (χ0) is 13.8. The molecule has 1 N–H and O–H groups in total. The summed E-state index contributed by atoms with van der Waals surface area (Å²) in [7, 11) is 0. The molecule has 0 bridgehead atoms. The molecule has 0 saturated carbocycles. The van der Waals surface area contributed by atoms with Gasteiger partial charge in [-0.2, -0.15) is 5.26 Å². The Morgan fingerprint density at radius 3 is 2.53 bits per heavy atom. The van der Waals surface area contributed by atoms with Gasteiger partial charge < -0.3 is 5.32 Å². The summed E-state index contributed by atoms with van der Waals surface area (Å²) in [5.41, 5.74) is 2.05. The fraction of sp³-hybridized carbons (Fsp3) is 0.133. The standard InChI is InChI=1S/C15H12F2N2/c1-10-6-13(3-5-14(10)16)19-9-12-7-11(8-18)2-4-15(12)17/h2-7,19H,9H2,1H3. The molecule has 0 aromatic heterocycles. The molecule has 4 heteroatoms. The van der Waals surface area contributed by atoms with Gasteiger partial charge >= 0.3 is 0 Å². The number of aryl methyl sites for hydroxylation is 1. The van der Waals surface area contributed by atoms with E-state index in [2.05, 4.69) is 5.32 Å². The smallest absolute Gasteiger partial charge is 0.128 e. The van der Waals surface area contributed by atoms with Gasteiger partial charge in [0.2, 0.25) is 0 Å². The second-order valence-electron chi connectivity index (χ2n) is 4.24. The molecule has 0 aliphatic heterocycles. The van der Waals surface area contributed by atoms with Crippen LogP contribution in [0.25, 0.3) is 0 Å². The normalized spacial score (nSPS) is 10.0. The van der Waals surface area contributed by atoms with E-state index in [0.29, 0.717) is 22.4 Å². The summed E-state index contributed by atoms with van der Waals surface area (Å²) < 4.78 is 26.6. The number of anilines is 1. The first-order chi connectivity index (χ1) is 9.10. The van der Waals surface area contributed by atoms with Crippen LogP contribution >= 0.6 is 0 Å². The summed E-state index contributed by atoms with van der Waals surface area (Å²) >= 11 is 0. The van der Waals surface area contributed by atoms with E-state index in [1.807, 2.05) is 6.07 Å². The third kappa shape index (κ3) is 3.08. The average Bonchev–Trinajstić information content (AvgIpc) is 2.41. The Labute approximate surface area is 110 Å². The topological polar surface area (TPSA) is 35.8 Å². The SMILES string of the molecule is Cc1cc(NCc2cc(C#N)ccc2F)ccc1F. The molecule has 0 fully saturated rings. The molecule has 2 aromatic rings. The lowest BCUT2D eigenvalue weighted by Crippen LogP contribution is -2.02. The third-order valence-electron chi connectivity index (χ3n) is 2.82. The van der Waals surface area contributed by atoms with Gasteiger partial charge in [0.1, 0.15) is 11.6 Å². The Morgan fingerprint density at radius 1 is 1.11 bits per heavy atom. The lowest BCUT2D eigenvalue weighted by atomic mass is 10.1. The minimum Gasteiger partial charge on any atom is -0.381 e. The van der Waals surface area contributed by atoms with Crippen molar-refractivity contribution in [1.29, 1.82) is 5.26 Å². The van der Waals surface area contributed by atoms with Crippen molar-refractivity contribution in [3.05, 3.63) is 64.7 Å². The average molecular weight is 258 g/mol. The molecule has 0 unspecified atom stereocenters. The van der Waals surface area contributed by atoms with Crippen molar-refractivity contribution in [3.63, 3.8) is 0 Å². The summed E-state index contributed by atoms with van der Waals surface area (Å²) in [4.78, 5) is 0. The Hall–Kier alpha value is -2.41. The minimum atomic E-state index is -0.370. The van der Waals surface area contributed by atoms with Crippen LogP contribution in [0.4, 0.5) is 14.5 Å². The Morgan fingerprint density at radius 2 is 1.84 bits per heavy atom. The molecule has 0 saturated heterocycles. The van der Waals surface area contributed by atoms with Crippen LogP contribution in [-0.4, -0.2) is 0 Å². The number of nitrogens with zero attached hydrogens (tertiary/aromatic N) is 1. The number of nitrogens with one attached hydrogen (secondary N) is 1. The lowest BCUT2D eigenvalue weighted by Gasteiger charge is -2.09. The Balaban J connectivity index is 2.14. The van der Waals surface area contributed by atoms with Crippen molar-refractivity contribution in [1.82, 2.24) is 0 Å². The van der Waals surface area contributed by atoms with Crippen molar-refractivity contribution >= 4 is 5.69 Å². The maximum Gasteiger partial charge on any atom is 0.128 e. The van der Waals surface area contributed by atoms with E-state index in [0.717, 1.165) is 0 Å². The van der Waals surface area contributed by atoms with Gasteiger partial charge in [-0.05, 0) is 48.9 Å². The van der Waals surface area contributed by atoms with Gasteiger partial charge in [0, 0.05) is 17.8 Å². The number of hydrogen-bond acceptors (Lipinski definition) is 2. The highest BCUT2D eigenvalue weighted by atomic mass is 19.1. The molecule has 96 valence electrons. The maximum absolute atomic E-state index is 13.5. The molecule has 2 nitrogen and oxygen atoms in total. The Bertz CT molecular complexity index is 645. The molecule has 0 aliphatic carbocycles. The first-order valence-corrected chi connectivity index (χ1v) is 5.78. The third-order valence-corrected chi connectivity index (χ3v) is 2.82. The second kappa shape index (κ2) is 5.49. The van der Waals surface area contributed by atoms with E-state index < -0.39 is 0 Å². The summed E-state index contributed by atoms with van der Waals surface area (Å²) in [5, 5.41) is 11.8. The number of halogens is 2. The van der Waals surface area contributed by atoms with Crippen molar-refractivity contribution in [2.75, 3.05) is 5.32 Å². The first kappa shape index (κ1) is 13.0. The van der Waals surface area contributed by atoms with Crippen molar-refractivity contribution in [2.45, 2.75) is 13.5 Å². The first-order valence-electron chi connectivity index (χ1n) is 5.78. The highest BCUT2D eigenvalue weighted by Gasteiger charge is 2.04. The fourth-order valence-electron chi connectivity index (χ4n) is 1.73. The molecular weight excluding hydrogens is 246 g/mol. The predicted molar refractivity (Wildman–Crippen MR) is 69.6 cm³/mol. The van der Waals surface area contributed by atoms with Gasteiger partial charge in [0.25, 0.3) is 0 Å². The van der Waals surface area contributed by atoms with Crippen LogP contribution in [0.2, 0.25) is 0 Å². The molecule has 19 heavy (non-hydrogen) atoms. The van der Waals surface area contributed by atoms with Crippen molar-refractivity contribution < 1.29 is 8.78 Å². The van der Waals surface area contributed by atoms with Crippen LogP contribution in [0.5, 0.6) is 0 Å². The number of benzene rings is 2. The van der Waals surface area contributed by atoms with Crippen LogP contribution in [0.1, 0.15) is 16.7 Å². The number of rotatable bonds is 3. The van der Waals surface area contributed by atoms with Gasteiger partial charge in [-0.15, -0.1) is 0 Å². The highest BCUT2D eigenvalue weighted by Crippen LogP contribution is 2.16. The summed E-state index contributed by atoms with van der Waals surface area (Å²) in [5.74, 6) is -0.645. The molecule has 2 rings (SSSR count). The van der Waals surface area contributed by atoms with E-state index in [9.17, 15) is 8.78 Å². The zero-order valence-corrected chi connectivity index (χ0v) is 10.4. The van der Waals surface area contributed by atoms with Crippen LogP contribution in [0.3, 0.4) is 0 Å². The monoisotopic (exact) mass is 258 g/mol. The summed E-state index contributed by atoms with van der Waals surface area (Å²) in [6, 6.07) is 10.8. The van der Waals surface area contributed by atoms with Crippen LogP contribution in [0, 0.1) is 29.9 Å². The van der Waals surface area contributed by atoms with Crippen molar-refractivity contribution in [3.8, 4) is 6.07 Å². The molecule has 0 atom stereocenters. The summed E-state index contributed by atoms with van der Waals surface area (Å²) in [6.45, 7) is 1.91. The molecule has 0 amide bonds. The molecular formula is C15H12F2N2. The zero-order valence-electron chi connectivity index (χ0n) is 10.4. The fourth-order valence-corrected chi connectivity index (χ4v) is 1.73. The highest BCUT2D eigenvalue weighted by molar-refractivity contribution is 5.47. The van der Waals surface area contributed by atoms with Gasteiger partial charge in [-0.1, -0.05) is 0 Å². The van der Waals surface area contributed by atoms with Gasteiger partial charge in [-0.3, -0.25) is 0 Å². The van der Waals surface area contributed by atoms with Crippen molar-refractivity contribution in [2.24, 2.45) is 0 Å². The van der Waals surface area contributed by atoms with Gasteiger partial charge in [0.05, 0.1) is 11.6 Å². The van der Waals surface area contributed by atoms with Gasteiger partial charge in [0.15, 0.2) is 0 Å². The predicted octanol–water partition coefficient (Wildman–Crippen LogP) is 3.76. The quantitative estimate of drug-likeness (QED) is 0.909. The lowest BCUT2D eigenvalue weighted by molar-refractivity contribution is 0.612. The second-order valence-corrected chi connectivity index (χ2v) is 4.24. The number of hydrogen-bond donors (Lipinski definition) is 1. The van der Waals surface area contributed by atoms with Crippen LogP contribution in [-0.2, 0) is 6.54 Å². The minimum absolute atomic E-state index is 0.242. The largest absolute Gasteiger partial charge is 0.381 e. The van der Waals surface area contributed by atoms with E-state index in [1.54, 1.807) is 19.1 Å². The molecule has 2 aromatic carbocycles. The molecule has 0 aliphatic rings. The molecule has 0 heterocycles. The van der Waals surface area contributed by atoms with E-state index in [4.69, 9.17) is 5.26 Å². The van der Waals surface area contributed by atoms with E-state index >= 15 is 0 Å². The summed E-state index contributed by atoms with van der Waals surface area (Å²) in [6.07, 6.45) is 0. The van der Waals surface area contributed by atoms with Gasteiger partial charge in [-0.25, -0.2) is 8.78 Å². The number of nitriles is 1. The molecule has 0 spiro atoms. The van der Waals surface area contributed by atoms with Crippen LogP contribution < -0.4 is 5.32 Å². The maximum atomic E-state index is 13.5. The Kier molecular flexibility index (Phi) is 3.76. The van der Waals surface area contributed by atoms with Crippen LogP contribution in [0.15, 0.2) is 36.4 Å². The molecule has 0 radical (unpaired) electrons. The van der Waals surface area contributed by atoms with E-state index in [1.165, 1.54) is 24.3 Å².